The third kappa shape index (κ3) is 4.30. The number of rotatable bonds is 5. The molecule has 9 heteroatoms. The fraction of sp³-hybridized carbons (Fsp3) is 0.300. The van der Waals surface area contributed by atoms with Crippen LogP contribution >= 0.6 is 0 Å². The van der Waals surface area contributed by atoms with Gasteiger partial charge in [-0.25, -0.2) is 12.8 Å². The molecule has 0 unspecified atom stereocenters. The average Bonchev–Trinajstić information content (AvgIpc) is 2.67. The maximum absolute atomic E-state index is 14.5. The van der Waals surface area contributed by atoms with Gasteiger partial charge in [-0.3, -0.25) is 14.5 Å². The van der Waals surface area contributed by atoms with Crippen LogP contribution in [0, 0.1) is 5.82 Å². The average molecular weight is 419 g/mol. The summed E-state index contributed by atoms with van der Waals surface area (Å²) in [4.78, 5) is 27.1. The van der Waals surface area contributed by atoms with Crippen molar-refractivity contribution in [3.63, 3.8) is 0 Å². The topological polar surface area (TPSA) is 86.8 Å². The number of nitrogens with one attached hydrogen (secondary N) is 1. The molecule has 1 fully saturated rings. The van der Waals surface area contributed by atoms with Crippen LogP contribution in [0.3, 0.4) is 0 Å². The molecule has 29 heavy (non-hydrogen) atoms. The Balaban J connectivity index is 1.98. The minimum absolute atomic E-state index is 0.0667. The zero-order valence-corrected chi connectivity index (χ0v) is 16.9. The highest BCUT2D eigenvalue weighted by Crippen LogP contribution is 2.32. The van der Waals surface area contributed by atoms with E-state index in [4.69, 9.17) is 0 Å². The van der Waals surface area contributed by atoms with E-state index in [1.54, 1.807) is 6.07 Å². The summed E-state index contributed by atoms with van der Waals surface area (Å²) in [5.41, 5.74) is -0.859. The summed E-state index contributed by atoms with van der Waals surface area (Å²) < 4.78 is 39.6. The summed E-state index contributed by atoms with van der Waals surface area (Å²) in [6.07, 6.45) is 0.974. The number of piperazine rings is 1. The van der Waals surface area contributed by atoms with Crippen molar-refractivity contribution in [1.82, 2.24) is 9.62 Å². The summed E-state index contributed by atoms with van der Waals surface area (Å²) in [6.45, 7) is 0.879. The molecule has 1 saturated heterocycles. The summed E-state index contributed by atoms with van der Waals surface area (Å²) in [7, 11) is -3.73. The highest BCUT2D eigenvalue weighted by Gasteiger charge is 2.50. The van der Waals surface area contributed by atoms with Crippen molar-refractivity contribution in [1.29, 1.82) is 0 Å². The quantitative estimate of drug-likeness (QED) is 0.796. The van der Waals surface area contributed by atoms with Gasteiger partial charge in [-0.1, -0.05) is 42.5 Å². The number of nitrogens with zero attached hydrogens (tertiary/aromatic N) is 2. The lowest BCUT2D eigenvalue weighted by atomic mass is 9.94. The number of sulfonamides is 1. The Hall–Kier alpha value is -2.78. The van der Waals surface area contributed by atoms with Crippen LogP contribution < -0.4 is 10.2 Å². The van der Waals surface area contributed by atoms with Gasteiger partial charge in [-0.05, 0) is 24.6 Å². The first-order chi connectivity index (χ1) is 13.6. The first-order valence-corrected chi connectivity index (χ1v) is 10.8. The van der Waals surface area contributed by atoms with Crippen LogP contribution in [0.4, 0.5) is 10.1 Å². The predicted octanol–water partition coefficient (Wildman–Crippen LogP) is 1.51. The molecule has 1 atom stereocenters. The maximum atomic E-state index is 14.5. The van der Waals surface area contributed by atoms with Gasteiger partial charge in [0.1, 0.15) is 11.4 Å². The van der Waals surface area contributed by atoms with E-state index in [0.29, 0.717) is 0 Å². The van der Waals surface area contributed by atoms with Crippen LogP contribution in [0.25, 0.3) is 0 Å². The number of hydrogen-bond acceptors (Lipinski definition) is 4. The number of halogens is 1. The number of anilines is 1. The third-order valence-electron chi connectivity index (χ3n) is 4.89. The van der Waals surface area contributed by atoms with Crippen molar-refractivity contribution in [3.8, 4) is 0 Å². The zero-order valence-electron chi connectivity index (χ0n) is 16.1. The minimum Gasteiger partial charge on any atom is -0.350 e. The van der Waals surface area contributed by atoms with Crippen LogP contribution in [0.15, 0.2) is 54.6 Å². The normalized spacial score (nSPS) is 20.5. The molecular formula is C20H22FN3O4S. The molecule has 1 aliphatic heterocycles. The SMILES string of the molecule is C[C@]1(C(=O)NCc2ccccc2)CN(S(C)(=O)=O)CC(=O)N1c1ccccc1F. The van der Waals surface area contributed by atoms with E-state index in [-0.39, 0.29) is 18.8 Å². The fourth-order valence-electron chi connectivity index (χ4n) is 3.38. The lowest BCUT2D eigenvalue weighted by molar-refractivity contribution is -0.133. The molecule has 154 valence electrons. The molecular weight excluding hydrogens is 397 g/mol. The molecule has 0 aliphatic carbocycles. The van der Waals surface area contributed by atoms with E-state index in [1.165, 1.54) is 25.1 Å². The molecule has 2 aromatic rings. The number of hydrogen-bond donors (Lipinski definition) is 1. The lowest BCUT2D eigenvalue weighted by Crippen LogP contribution is -2.70. The Morgan fingerprint density at radius 2 is 1.76 bits per heavy atom. The van der Waals surface area contributed by atoms with Gasteiger partial charge in [0.15, 0.2) is 0 Å². The Kier molecular flexibility index (Phi) is 5.72. The van der Waals surface area contributed by atoms with Crippen molar-refractivity contribution in [2.24, 2.45) is 0 Å². The molecule has 0 saturated carbocycles. The second-order valence-corrected chi connectivity index (χ2v) is 9.14. The smallest absolute Gasteiger partial charge is 0.247 e. The van der Waals surface area contributed by atoms with Gasteiger partial charge in [0, 0.05) is 13.1 Å². The van der Waals surface area contributed by atoms with E-state index < -0.39 is 39.7 Å². The molecule has 0 spiro atoms. The highest BCUT2D eigenvalue weighted by molar-refractivity contribution is 7.88. The van der Waals surface area contributed by atoms with Gasteiger partial charge in [-0.2, -0.15) is 4.31 Å². The number of carbonyl (C=O) groups excluding carboxylic acids is 2. The van der Waals surface area contributed by atoms with E-state index in [2.05, 4.69) is 5.32 Å². The van der Waals surface area contributed by atoms with Crippen LogP contribution in [0.5, 0.6) is 0 Å². The van der Waals surface area contributed by atoms with Crippen molar-refractivity contribution in [2.45, 2.75) is 19.0 Å². The monoisotopic (exact) mass is 419 g/mol. The van der Waals surface area contributed by atoms with Gasteiger partial charge < -0.3 is 5.32 Å². The van der Waals surface area contributed by atoms with Gasteiger partial charge >= 0.3 is 0 Å². The van der Waals surface area contributed by atoms with Crippen LogP contribution in [-0.2, 0) is 26.2 Å². The third-order valence-corrected chi connectivity index (χ3v) is 6.08. The van der Waals surface area contributed by atoms with E-state index in [0.717, 1.165) is 21.0 Å². The molecule has 1 heterocycles. The van der Waals surface area contributed by atoms with Gasteiger partial charge in [-0.15, -0.1) is 0 Å². The van der Waals surface area contributed by atoms with Crippen LogP contribution in [0.1, 0.15) is 12.5 Å². The molecule has 0 bridgehead atoms. The summed E-state index contributed by atoms with van der Waals surface area (Å²) in [5.74, 6) is -1.92. The van der Waals surface area contributed by atoms with E-state index >= 15 is 0 Å². The Labute approximate surface area is 169 Å². The van der Waals surface area contributed by atoms with Crippen molar-refractivity contribution in [3.05, 3.63) is 66.0 Å². The fourth-order valence-corrected chi connectivity index (χ4v) is 4.21. The summed E-state index contributed by atoms with van der Waals surface area (Å²) in [5, 5.41) is 2.74. The molecule has 1 aliphatic rings. The van der Waals surface area contributed by atoms with Gasteiger partial charge in [0.2, 0.25) is 21.8 Å². The zero-order chi connectivity index (χ0) is 21.2. The molecule has 0 aromatic heterocycles. The molecule has 2 amide bonds. The van der Waals surface area contributed by atoms with Crippen LogP contribution in [-0.4, -0.2) is 49.4 Å². The van der Waals surface area contributed by atoms with Gasteiger partial charge in [0.25, 0.3) is 0 Å². The maximum Gasteiger partial charge on any atom is 0.247 e. The van der Waals surface area contributed by atoms with Crippen molar-refractivity contribution in [2.75, 3.05) is 24.2 Å². The van der Waals surface area contributed by atoms with Crippen molar-refractivity contribution < 1.29 is 22.4 Å². The molecule has 7 nitrogen and oxygen atoms in total. The molecule has 1 N–H and O–H groups in total. The van der Waals surface area contributed by atoms with Crippen molar-refractivity contribution >= 4 is 27.5 Å². The number of amides is 2. The number of benzene rings is 2. The highest BCUT2D eigenvalue weighted by atomic mass is 32.2. The first kappa shape index (κ1) is 20.9. The second-order valence-electron chi connectivity index (χ2n) is 7.15. The molecule has 3 rings (SSSR count). The number of carbonyl (C=O) groups is 2. The van der Waals surface area contributed by atoms with Crippen LogP contribution in [0.2, 0.25) is 0 Å². The molecule has 2 aromatic carbocycles. The second kappa shape index (κ2) is 7.92. The predicted molar refractivity (Wildman–Crippen MR) is 107 cm³/mol. The molecule has 0 radical (unpaired) electrons. The first-order valence-electron chi connectivity index (χ1n) is 8.98. The van der Waals surface area contributed by atoms with E-state index in [1.807, 2.05) is 30.3 Å². The largest absolute Gasteiger partial charge is 0.350 e. The Morgan fingerprint density at radius 1 is 1.14 bits per heavy atom. The number of para-hydroxylation sites is 1. The van der Waals surface area contributed by atoms with E-state index in [9.17, 15) is 22.4 Å². The summed E-state index contributed by atoms with van der Waals surface area (Å²) >= 11 is 0. The summed E-state index contributed by atoms with van der Waals surface area (Å²) in [6, 6.07) is 14.8. The lowest BCUT2D eigenvalue weighted by Gasteiger charge is -2.46. The standard InChI is InChI=1S/C20H22FN3O4S/c1-20(19(26)22-12-15-8-4-3-5-9-15)14-23(29(2,27)28)13-18(25)24(20)17-11-7-6-10-16(17)21/h3-11H,12-14H2,1-2H3,(H,22,26)/t20-/m1/s1. The Bertz CT molecular complexity index is 1030. The van der Waals surface area contributed by atoms with Gasteiger partial charge in [0.05, 0.1) is 18.5 Å². The Morgan fingerprint density at radius 3 is 2.38 bits per heavy atom. The minimum atomic E-state index is -3.73.